The van der Waals surface area contributed by atoms with Crippen LogP contribution in [0.2, 0.25) is 5.02 Å². The maximum absolute atomic E-state index is 11.1. The summed E-state index contributed by atoms with van der Waals surface area (Å²) >= 11 is 7.66. The van der Waals surface area contributed by atoms with Crippen LogP contribution in [-0.2, 0) is 6.61 Å². The zero-order valence-corrected chi connectivity index (χ0v) is 12.1. The number of rotatable bonds is 4. The minimum absolute atomic E-state index is 0.397. The lowest BCUT2D eigenvalue weighted by atomic mass is 10.2. The number of carbonyl (C=O) groups is 1. The summed E-state index contributed by atoms with van der Waals surface area (Å²) in [6.45, 7) is 0.422. The summed E-state index contributed by atoms with van der Waals surface area (Å²) in [6, 6.07) is 13.4. The number of hydrogen-bond donors (Lipinski definition) is 0. The van der Waals surface area contributed by atoms with E-state index in [2.05, 4.69) is 17.5 Å². The van der Waals surface area contributed by atoms with Crippen LogP contribution >= 0.6 is 22.9 Å². The van der Waals surface area contributed by atoms with Gasteiger partial charge in [0.05, 0.1) is 10.6 Å². The van der Waals surface area contributed by atoms with E-state index in [0.717, 1.165) is 11.8 Å². The van der Waals surface area contributed by atoms with Gasteiger partial charge in [-0.3, -0.25) is 4.79 Å². The molecule has 0 spiro atoms. The van der Waals surface area contributed by atoms with Crippen LogP contribution in [0.15, 0.2) is 47.8 Å². The Hall–Kier alpha value is -1.84. The van der Waals surface area contributed by atoms with Gasteiger partial charge in [0.15, 0.2) is 6.29 Å². The Bertz CT molecular complexity index is 764. The van der Waals surface area contributed by atoms with Crippen molar-refractivity contribution in [3.05, 3.63) is 64.0 Å². The summed E-state index contributed by atoms with van der Waals surface area (Å²) in [5.74, 6) is 0.516. The zero-order valence-electron chi connectivity index (χ0n) is 10.5. The second-order valence-corrected chi connectivity index (χ2v) is 5.63. The third kappa shape index (κ3) is 2.42. The highest BCUT2D eigenvalue weighted by Crippen LogP contribution is 2.29. The van der Waals surface area contributed by atoms with E-state index in [-0.39, 0.29) is 0 Å². The third-order valence-corrected chi connectivity index (χ3v) is 4.42. The Labute approximate surface area is 125 Å². The largest absolute Gasteiger partial charge is 0.488 e. The highest BCUT2D eigenvalue weighted by Gasteiger charge is 2.09. The highest BCUT2D eigenvalue weighted by molar-refractivity contribution is 7.17. The van der Waals surface area contributed by atoms with Gasteiger partial charge in [0.25, 0.3) is 0 Å². The third-order valence-electron chi connectivity index (χ3n) is 3.08. The second-order valence-electron chi connectivity index (χ2n) is 4.32. The van der Waals surface area contributed by atoms with Crippen molar-refractivity contribution >= 4 is 39.3 Å². The van der Waals surface area contributed by atoms with Gasteiger partial charge in [-0.05, 0) is 29.0 Å². The van der Waals surface area contributed by atoms with Gasteiger partial charge in [-0.1, -0.05) is 35.9 Å². The van der Waals surface area contributed by atoms with Crippen molar-refractivity contribution in [2.75, 3.05) is 0 Å². The van der Waals surface area contributed by atoms with Crippen LogP contribution in [-0.4, -0.2) is 6.29 Å². The second kappa shape index (κ2) is 5.65. The Morgan fingerprint density at radius 1 is 1.15 bits per heavy atom. The number of halogens is 1. The number of benzene rings is 2. The molecule has 0 aliphatic carbocycles. The van der Waals surface area contributed by atoms with E-state index in [1.807, 2.05) is 12.1 Å². The van der Waals surface area contributed by atoms with Crippen molar-refractivity contribution in [1.82, 2.24) is 0 Å². The highest BCUT2D eigenvalue weighted by atomic mass is 35.5. The molecule has 0 saturated carbocycles. The maximum atomic E-state index is 11.1. The molecule has 100 valence electrons. The first-order chi connectivity index (χ1) is 9.79. The molecule has 1 heterocycles. The first-order valence-electron chi connectivity index (χ1n) is 6.11. The van der Waals surface area contributed by atoms with Crippen LogP contribution in [0.4, 0.5) is 0 Å². The van der Waals surface area contributed by atoms with E-state index in [1.54, 1.807) is 29.5 Å². The van der Waals surface area contributed by atoms with Gasteiger partial charge in [0.2, 0.25) is 0 Å². The Balaban J connectivity index is 1.87. The van der Waals surface area contributed by atoms with E-state index in [1.165, 1.54) is 10.1 Å². The molecule has 20 heavy (non-hydrogen) atoms. The zero-order chi connectivity index (χ0) is 13.9. The van der Waals surface area contributed by atoms with Crippen molar-refractivity contribution in [2.45, 2.75) is 6.61 Å². The number of carbonyl (C=O) groups excluding carboxylic acids is 1. The maximum Gasteiger partial charge on any atom is 0.155 e. The minimum Gasteiger partial charge on any atom is -0.488 e. The Kier molecular flexibility index (Phi) is 3.72. The fraction of sp³-hybridized carbons (Fsp3) is 0.0625. The average Bonchev–Trinajstić information content (AvgIpc) is 2.88. The van der Waals surface area contributed by atoms with Crippen LogP contribution in [0, 0.1) is 0 Å². The molecule has 0 aliphatic heterocycles. The summed E-state index contributed by atoms with van der Waals surface area (Å²) in [5.41, 5.74) is 1.51. The average molecular weight is 303 g/mol. The van der Waals surface area contributed by atoms with Crippen LogP contribution in [0.25, 0.3) is 10.1 Å². The smallest absolute Gasteiger partial charge is 0.155 e. The molecular weight excluding hydrogens is 292 g/mol. The molecule has 2 aromatic carbocycles. The fourth-order valence-electron chi connectivity index (χ4n) is 2.06. The van der Waals surface area contributed by atoms with E-state index < -0.39 is 0 Å². The van der Waals surface area contributed by atoms with Gasteiger partial charge in [0, 0.05) is 10.3 Å². The molecule has 0 N–H and O–H groups in total. The lowest BCUT2D eigenvalue weighted by Gasteiger charge is -2.08. The summed E-state index contributed by atoms with van der Waals surface area (Å²) in [6.07, 6.45) is 0.726. The first-order valence-corrected chi connectivity index (χ1v) is 7.37. The molecular formula is C16H11ClO2S. The first kappa shape index (κ1) is 13.2. The van der Waals surface area contributed by atoms with Crippen molar-refractivity contribution in [3.8, 4) is 5.75 Å². The monoisotopic (exact) mass is 302 g/mol. The van der Waals surface area contributed by atoms with Crippen LogP contribution < -0.4 is 4.74 Å². The molecule has 0 atom stereocenters. The number of aldehydes is 1. The molecule has 0 fully saturated rings. The predicted molar refractivity (Wildman–Crippen MR) is 83.0 cm³/mol. The van der Waals surface area contributed by atoms with E-state index in [0.29, 0.717) is 22.9 Å². The normalized spacial score (nSPS) is 10.7. The van der Waals surface area contributed by atoms with Crippen molar-refractivity contribution in [1.29, 1.82) is 0 Å². The van der Waals surface area contributed by atoms with Gasteiger partial charge in [-0.15, -0.1) is 11.3 Å². The van der Waals surface area contributed by atoms with Crippen molar-refractivity contribution in [2.24, 2.45) is 0 Å². The Morgan fingerprint density at radius 3 is 2.85 bits per heavy atom. The van der Waals surface area contributed by atoms with Gasteiger partial charge in [0.1, 0.15) is 12.4 Å². The summed E-state index contributed by atoms with van der Waals surface area (Å²) < 4.78 is 6.98. The van der Waals surface area contributed by atoms with Crippen molar-refractivity contribution < 1.29 is 9.53 Å². The van der Waals surface area contributed by atoms with Crippen molar-refractivity contribution in [3.63, 3.8) is 0 Å². The van der Waals surface area contributed by atoms with Gasteiger partial charge in [-0.2, -0.15) is 0 Å². The molecule has 0 amide bonds. The molecule has 0 saturated heterocycles. The van der Waals surface area contributed by atoms with Crippen LogP contribution in [0.3, 0.4) is 0 Å². The predicted octanol–water partition coefficient (Wildman–Crippen LogP) is 4.95. The Morgan fingerprint density at radius 2 is 2.00 bits per heavy atom. The fourth-order valence-corrected chi connectivity index (χ4v) is 3.22. The molecule has 1 aromatic heterocycles. The molecule has 0 radical (unpaired) electrons. The molecule has 4 heteroatoms. The van der Waals surface area contributed by atoms with E-state index in [9.17, 15) is 4.79 Å². The molecule has 3 rings (SSSR count). The summed E-state index contributed by atoms with van der Waals surface area (Å²) in [5, 5.41) is 3.68. The van der Waals surface area contributed by atoms with Gasteiger partial charge >= 0.3 is 0 Å². The minimum atomic E-state index is 0.397. The van der Waals surface area contributed by atoms with Crippen LogP contribution in [0.5, 0.6) is 5.75 Å². The number of ether oxygens (including phenoxy) is 1. The summed E-state index contributed by atoms with van der Waals surface area (Å²) in [4.78, 5) is 11.1. The van der Waals surface area contributed by atoms with E-state index in [4.69, 9.17) is 16.3 Å². The number of hydrogen-bond acceptors (Lipinski definition) is 3. The molecule has 2 nitrogen and oxygen atoms in total. The van der Waals surface area contributed by atoms with Gasteiger partial charge < -0.3 is 4.74 Å². The quantitative estimate of drug-likeness (QED) is 0.638. The molecule has 0 unspecified atom stereocenters. The topological polar surface area (TPSA) is 26.3 Å². The van der Waals surface area contributed by atoms with Gasteiger partial charge in [-0.25, -0.2) is 0 Å². The number of fused-ring (bicyclic) bond motifs is 1. The molecule has 0 aliphatic rings. The van der Waals surface area contributed by atoms with Crippen LogP contribution in [0.1, 0.15) is 15.9 Å². The SMILES string of the molecule is O=Cc1c(Cl)cccc1OCc1csc2ccccc12. The molecule has 0 bridgehead atoms. The lowest BCUT2D eigenvalue weighted by molar-refractivity contribution is 0.111. The lowest BCUT2D eigenvalue weighted by Crippen LogP contribution is -1.98. The molecule has 3 aromatic rings. The standard InChI is InChI=1S/C16H11ClO2S/c17-14-5-3-6-15(13(14)8-18)19-9-11-10-20-16-7-2-1-4-12(11)16/h1-8,10H,9H2. The number of thiophene rings is 1. The van der Waals surface area contributed by atoms with E-state index >= 15 is 0 Å². The summed E-state index contributed by atoms with van der Waals surface area (Å²) in [7, 11) is 0.